The number of likely N-dealkylation sites (tertiary alicyclic amines) is 1. The van der Waals surface area contributed by atoms with Gasteiger partial charge in [0.2, 0.25) is 17.7 Å². The zero-order valence-electron chi connectivity index (χ0n) is 21.7. The first kappa shape index (κ1) is 27.0. The summed E-state index contributed by atoms with van der Waals surface area (Å²) in [5, 5.41) is 1.77. The van der Waals surface area contributed by atoms with Gasteiger partial charge in [0.1, 0.15) is 11.8 Å². The second-order valence-corrected chi connectivity index (χ2v) is 13.0. The third-order valence-corrected chi connectivity index (χ3v) is 11.1. The van der Waals surface area contributed by atoms with E-state index in [2.05, 4.69) is 0 Å². The van der Waals surface area contributed by atoms with Crippen LogP contribution >= 0.6 is 34.4 Å². The SMILES string of the molecule is CCOC(=O)c1ccc(N2C(=O)C3Sc4c(sc(=O)n4CC(=O)N4CCCCC4)[C@H](c4cccs4)C3C2=O)cc1. The number of carbonyl (C=O) groups is 4. The molecule has 3 atom stereocenters. The Balaban J connectivity index is 1.36. The molecule has 2 saturated heterocycles. The molecule has 2 fully saturated rings. The van der Waals surface area contributed by atoms with Crippen molar-refractivity contribution in [1.29, 1.82) is 0 Å². The smallest absolute Gasteiger partial charge is 0.338 e. The Hall–Kier alpha value is -3.22. The van der Waals surface area contributed by atoms with Gasteiger partial charge in [-0.25, -0.2) is 9.69 Å². The molecule has 0 bridgehead atoms. The van der Waals surface area contributed by atoms with Crippen LogP contribution in [0.15, 0.2) is 51.6 Å². The highest BCUT2D eigenvalue weighted by Crippen LogP contribution is 2.54. The molecule has 0 radical (unpaired) electrons. The van der Waals surface area contributed by atoms with Crippen molar-refractivity contribution in [2.75, 3.05) is 24.6 Å². The van der Waals surface area contributed by atoms with Crippen molar-refractivity contribution < 1.29 is 23.9 Å². The molecule has 3 aliphatic rings. The number of ether oxygens (including phenoxy) is 1. The summed E-state index contributed by atoms with van der Waals surface area (Å²) < 4.78 is 6.53. The van der Waals surface area contributed by atoms with Crippen molar-refractivity contribution in [3.05, 3.63) is 66.8 Å². The van der Waals surface area contributed by atoms with Crippen LogP contribution in [0.25, 0.3) is 0 Å². The van der Waals surface area contributed by atoms with E-state index >= 15 is 0 Å². The molecule has 6 rings (SSSR count). The van der Waals surface area contributed by atoms with Gasteiger partial charge in [-0.05, 0) is 61.9 Å². The van der Waals surface area contributed by atoms with Crippen LogP contribution in [-0.4, -0.2) is 58.1 Å². The number of piperidine rings is 1. The predicted molar refractivity (Wildman–Crippen MR) is 153 cm³/mol. The third kappa shape index (κ3) is 4.61. The van der Waals surface area contributed by atoms with Gasteiger partial charge in [-0.1, -0.05) is 29.2 Å². The molecular formula is C28H27N3O6S3. The molecule has 40 heavy (non-hydrogen) atoms. The number of hydrogen-bond donors (Lipinski definition) is 0. The number of amides is 3. The van der Waals surface area contributed by atoms with Gasteiger partial charge in [0.25, 0.3) is 0 Å². The van der Waals surface area contributed by atoms with E-state index in [-0.39, 0.29) is 35.7 Å². The standard InChI is InChI=1S/C28H27N3O6S3/c1-2-37-27(35)16-8-10-17(11-9-16)31-24(33)21-20(18-7-6-14-38-18)23-26(39-22(21)25(31)34)30(28(36)40-23)15-19(32)29-12-4-3-5-13-29/h6-11,14,20-22H,2-5,12-13,15H2,1H3/t20-,21?,22?/m1/s1. The molecule has 0 N–H and O–H groups in total. The summed E-state index contributed by atoms with van der Waals surface area (Å²) in [6.07, 6.45) is 3.00. The average molecular weight is 598 g/mol. The summed E-state index contributed by atoms with van der Waals surface area (Å²) in [6.45, 7) is 3.26. The number of hydrogen-bond acceptors (Lipinski definition) is 9. The van der Waals surface area contributed by atoms with E-state index in [1.807, 2.05) is 17.5 Å². The molecule has 0 spiro atoms. The summed E-state index contributed by atoms with van der Waals surface area (Å²) in [5.41, 5.74) is 0.710. The highest BCUT2D eigenvalue weighted by atomic mass is 32.2. The Kier molecular flexibility index (Phi) is 7.41. The second-order valence-electron chi connectivity index (χ2n) is 9.90. The number of anilines is 1. The molecule has 1 aromatic carbocycles. The van der Waals surface area contributed by atoms with Gasteiger partial charge in [0.05, 0.1) is 28.8 Å². The number of thioether (sulfide) groups is 1. The summed E-state index contributed by atoms with van der Waals surface area (Å²) >= 11 is 3.75. The Morgan fingerprint density at radius 1 is 1.00 bits per heavy atom. The number of rotatable bonds is 6. The Bertz CT molecular complexity index is 1520. The van der Waals surface area contributed by atoms with E-state index < -0.39 is 23.1 Å². The van der Waals surface area contributed by atoms with Crippen LogP contribution in [0.2, 0.25) is 0 Å². The van der Waals surface area contributed by atoms with Crippen molar-refractivity contribution in [2.45, 2.75) is 48.9 Å². The van der Waals surface area contributed by atoms with Gasteiger partial charge < -0.3 is 9.64 Å². The van der Waals surface area contributed by atoms with Crippen LogP contribution in [0.5, 0.6) is 0 Å². The maximum absolute atomic E-state index is 13.9. The van der Waals surface area contributed by atoms with Crippen LogP contribution in [0.1, 0.15) is 52.2 Å². The second kappa shape index (κ2) is 11.0. The van der Waals surface area contributed by atoms with Gasteiger partial charge in [-0.2, -0.15) is 0 Å². The molecule has 5 heterocycles. The van der Waals surface area contributed by atoms with Crippen LogP contribution in [0.3, 0.4) is 0 Å². The lowest BCUT2D eigenvalue weighted by atomic mass is 9.87. The van der Waals surface area contributed by atoms with Gasteiger partial charge in [0, 0.05) is 28.8 Å². The molecule has 0 aliphatic carbocycles. The average Bonchev–Trinajstić information content (AvgIpc) is 3.66. The number of carbonyl (C=O) groups excluding carboxylic acids is 4. The molecule has 2 aromatic heterocycles. The van der Waals surface area contributed by atoms with Gasteiger partial charge >= 0.3 is 10.8 Å². The monoisotopic (exact) mass is 597 g/mol. The number of fused-ring (bicyclic) bond motifs is 2. The summed E-state index contributed by atoms with van der Waals surface area (Å²) in [4.78, 5) is 70.5. The van der Waals surface area contributed by atoms with E-state index in [0.717, 1.165) is 40.4 Å². The zero-order valence-corrected chi connectivity index (χ0v) is 24.2. The Morgan fingerprint density at radius 2 is 1.75 bits per heavy atom. The van der Waals surface area contributed by atoms with Crippen LogP contribution in [-0.2, 0) is 25.7 Å². The molecule has 0 saturated carbocycles. The van der Waals surface area contributed by atoms with Crippen LogP contribution in [0, 0.1) is 5.92 Å². The minimum absolute atomic E-state index is 0.0760. The first-order valence-electron chi connectivity index (χ1n) is 13.3. The number of esters is 1. The molecule has 12 heteroatoms. The number of imide groups is 1. The summed E-state index contributed by atoms with van der Waals surface area (Å²) in [7, 11) is 0. The van der Waals surface area contributed by atoms with Gasteiger partial charge in [0.15, 0.2) is 0 Å². The number of thiazole rings is 1. The quantitative estimate of drug-likeness (QED) is 0.313. The molecule has 2 unspecified atom stereocenters. The Labute approximate surface area is 242 Å². The predicted octanol–water partition coefficient (Wildman–Crippen LogP) is 3.96. The van der Waals surface area contributed by atoms with Gasteiger partial charge in [-0.3, -0.25) is 23.7 Å². The van der Waals surface area contributed by atoms with Crippen LogP contribution in [0.4, 0.5) is 5.69 Å². The van der Waals surface area contributed by atoms with E-state index in [1.54, 1.807) is 36.1 Å². The number of aromatic nitrogens is 1. The first-order chi connectivity index (χ1) is 19.4. The molecular weight excluding hydrogens is 571 g/mol. The number of thiophene rings is 1. The zero-order chi connectivity index (χ0) is 28.0. The lowest BCUT2D eigenvalue weighted by Crippen LogP contribution is -2.39. The number of benzene rings is 1. The topological polar surface area (TPSA) is 106 Å². The van der Waals surface area contributed by atoms with E-state index in [1.165, 1.54) is 32.6 Å². The minimum Gasteiger partial charge on any atom is -0.462 e. The summed E-state index contributed by atoms with van der Waals surface area (Å²) in [6, 6.07) is 10.1. The molecule has 9 nitrogen and oxygen atoms in total. The molecule has 3 aromatic rings. The Morgan fingerprint density at radius 3 is 2.42 bits per heavy atom. The van der Waals surface area contributed by atoms with Crippen LogP contribution < -0.4 is 9.77 Å². The summed E-state index contributed by atoms with van der Waals surface area (Å²) in [5.74, 6) is -2.45. The molecule has 208 valence electrons. The van der Waals surface area contributed by atoms with Gasteiger partial charge in [-0.15, -0.1) is 11.3 Å². The normalized spacial score (nSPS) is 22.3. The van der Waals surface area contributed by atoms with Crippen molar-refractivity contribution in [3.8, 4) is 0 Å². The lowest BCUT2D eigenvalue weighted by molar-refractivity contribution is -0.133. The highest BCUT2D eigenvalue weighted by Gasteiger charge is 2.57. The van der Waals surface area contributed by atoms with Crippen molar-refractivity contribution in [3.63, 3.8) is 0 Å². The fourth-order valence-corrected chi connectivity index (χ4v) is 9.35. The first-order valence-corrected chi connectivity index (χ1v) is 15.8. The van der Waals surface area contributed by atoms with Crippen molar-refractivity contribution >= 4 is 63.8 Å². The minimum atomic E-state index is -0.748. The largest absolute Gasteiger partial charge is 0.462 e. The molecule has 3 amide bonds. The maximum Gasteiger partial charge on any atom is 0.338 e. The fourth-order valence-electron chi connectivity index (χ4n) is 5.62. The van der Waals surface area contributed by atoms with Crippen molar-refractivity contribution in [1.82, 2.24) is 9.47 Å². The van der Waals surface area contributed by atoms with Crippen molar-refractivity contribution in [2.24, 2.45) is 5.92 Å². The third-order valence-electron chi connectivity index (χ3n) is 7.54. The molecule has 3 aliphatic heterocycles. The van der Waals surface area contributed by atoms with E-state index in [9.17, 15) is 24.0 Å². The highest BCUT2D eigenvalue weighted by molar-refractivity contribution is 8.00. The number of nitrogens with zero attached hydrogens (tertiary/aromatic N) is 3. The van der Waals surface area contributed by atoms with E-state index in [4.69, 9.17) is 4.74 Å². The van der Waals surface area contributed by atoms with E-state index in [0.29, 0.717) is 29.4 Å². The lowest BCUT2D eigenvalue weighted by Gasteiger charge is -2.30. The fraction of sp³-hybridized carbons (Fsp3) is 0.393. The maximum atomic E-state index is 13.9.